The van der Waals surface area contributed by atoms with Crippen LogP contribution in [-0.2, 0) is 19.1 Å². The number of hydrogen-bond acceptors (Lipinski definition) is 4. The van der Waals surface area contributed by atoms with Crippen LogP contribution in [0.5, 0.6) is 0 Å². The summed E-state index contributed by atoms with van der Waals surface area (Å²) in [6, 6.07) is 4.57. The first-order chi connectivity index (χ1) is 9.12. The average Bonchev–Trinajstić information content (AvgIpc) is 2.68. The van der Waals surface area contributed by atoms with Gasteiger partial charge in [-0.3, -0.25) is 8.98 Å². The highest BCUT2D eigenvalue weighted by molar-refractivity contribution is 7.86. The lowest BCUT2D eigenvalue weighted by Gasteiger charge is -2.20. The van der Waals surface area contributed by atoms with Crippen LogP contribution in [0.4, 0.5) is 0 Å². The van der Waals surface area contributed by atoms with Crippen LogP contribution >= 0.6 is 0 Å². The summed E-state index contributed by atoms with van der Waals surface area (Å²) < 4.78 is 29.7. The summed E-state index contributed by atoms with van der Waals surface area (Å²) >= 11 is 0. The highest BCUT2D eigenvalue weighted by atomic mass is 32.2. The third-order valence-corrected chi connectivity index (χ3v) is 4.40. The molecule has 0 fully saturated rings. The zero-order valence-electron chi connectivity index (χ0n) is 11.5. The van der Waals surface area contributed by atoms with Gasteiger partial charge in [0.15, 0.2) is 0 Å². The van der Waals surface area contributed by atoms with Crippen molar-refractivity contribution < 1.29 is 22.5 Å². The molecule has 5 nitrogen and oxygen atoms in total. The SMILES string of the molecule is CC(C)(C)OS(=O)(=O)c1cccc2c1C=CC2C(=O)O. The standard InChI is InChI=1S/C14H16O5S/c1-14(2,3)19-20(17,18)12-6-4-5-9-10(12)7-8-11(9)13(15)16/h4-8,11H,1-3H3,(H,15,16). The minimum absolute atomic E-state index is 0.00456. The van der Waals surface area contributed by atoms with Crippen molar-refractivity contribution in [3.63, 3.8) is 0 Å². The highest BCUT2D eigenvalue weighted by Crippen LogP contribution is 2.35. The molecule has 0 spiro atoms. The Morgan fingerprint density at radius 2 is 1.95 bits per heavy atom. The molecule has 1 N–H and O–H groups in total. The van der Waals surface area contributed by atoms with Crippen LogP contribution in [0.15, 0.2) is 29.2 Å². The van der Waals surface area contributed by atoms with Crippen LogP contribution in [-0.4, -0.2) is 25.1 Å². The third-order valence-electron chi connectivity index (χ3n) is 2.79. The van der Waals surface area contributed by atoms with Crippen LogP contribution < -0.4 is 0 Å². The van der Waals surface area contributed by atoms with Crippen molar-refractivity contribution in [3.8, 4) is 0 Å². The molecule has 0 saturated heterocycles. The lowest BCUT2D eigenvalue weighted by Crippen LogP contribution is -2.24. The normalized spacial score (nSPS) is 18.1. The van der Waals surface area contributed by atoms with Gasteiger partial charge >= 0.3 is 5.97 Å². The van der Waals surface area contributed by atoms with Gasteiger partial charge < -0.3 is 5.11 Å². The summed E-state index contributed by atoms with van der Waals surface area (Å²) in [6.07, 6.45) is 3.00. The van der Waals surface area contributed by atoms with E-state index >= 15 is 0 Å². The zero-order valence-corrected chi connectivity index (χ0v) is 12.3. The summed E-state index contributed by atoms with van der Waals surface area (Å²) in [7, 11) is -3.94. The van der Waals surface area contributed by atoms with Crippen LogP contribution in [0.25, 0.3) is 6.08 Å². The molecule has 1 atom stereocenters. The van der Waals surface area contributed by atoms with Crippen molar-refractivity contribution in [3.05, 3.63) is 35.4 Å². The summed E-state index contributed by atoms with van der Waals surface area (Å²) in [5.41, 5.74) is 0.0102. The predicted octanol–water partition coefficient (Wildman–Crippen LogP) is 2.39. The first kappa shape index (κ1) is 14.7. The topological polar surface area (TPSA) is 80.7 Å². The average molecular weight is 296 g/mol. The molecule has 0 radical (unpaired) electrons. The van der Waals surface area contributed by atoms with E-state index < -0.39 is 27.6 Å². The van der Waals surface area contributed by atoms with E-state index in [9.17, 15) is 13.2 Å². The predicted molar refractivity (Wildman–Crippen MR) is 73.9 cm³/mol. The van der Waals surface area contributed by atoms with Crippen molar-refractivity contribution in [2.24, 2.45) is 0 Å². The van der Waals surface area contributed by atoms with E-state index in [2.05, 4.69) is 0 Å². The molecular formula is C14H16O5S. The number of aliphatic carboxylic acids is 1. The van der Waals surface area contributed by atoms with Gasteiger partial charge in [-0.05, 0) is 38.0 Å². The van der Waals surface area contributed by atoms with Crippen molar-refractivity contribution in [2.75, 3.05) is 0 Å². The molecule has 2 rings (SSSR count). The fourth-order valence-electron chi connectivity index (χ4n) is 2.11. The van der Waals surface area contributed by atoms with Crippen molar-refractivity contribution >= 4 is 22.2 Å². The Kier molecular flexibility index (Phi) is 3.47. The van der Waals surface area contributed by atoms with Gasteiger partial charge in [-0.25, -0.2) is 0 Å². The largest absolute Gasteiger partial charge is 0.481 e. The first-order valence-corrected chi connectivity index (χ1v) is 7.52. The first-order valence-electron chi connectivity index (χ1n) is 6.11. The third kappa shape index (κ3) is 2.76. The van der Waals surface area contributed by atoms with Crippen molar-refractivity contribution in [1.29, 1.82) is 0 Å². The van der Waals surface area contributed by atoms with E-state index in [1.807, 2.05) is 0 Å². The summed E-state index contributed by atoms with van der Waals surface area (Å²) in [4.78, 5) is 11.1. The van der Waals surface area contributed by atoms with E-state index in [-0.39, 0.29) is 4.90 Å². The summed E-state index contributed by atoms with van der Waals surface area (Å²) in [5.74, 6) is -1.82. The highest BCUT2D eigenvalue weighted by Gasteiger charge is 2.31. The number of carboxylic acid groups (broad SMARTS) is 1. The van der Waals surface area contributed by atoms with Gasteiger partial charge in [-0.2, -0.15) is 8.42 Å². The molecule has 1 aliphatic carbocycles. The summed E-state index contributed by atoms with van der Waals surface area (Å²) in [5, 5.41) is 9.11. The number of fused-ring (bicyclic) bond motifs is 1. The molecule has 0 amide bonds. The molecule has 1 aromatic rings. The van der Waals surface area contributed by atoms with Gasteiger partial charge in [-0.1, -0.05) is 24.3 Å². The smallest absolute Gasteiger partial charge is 0.314 e. The molecule has 0 aliphatic heterocycles. The maximum atomic E-state index is 12.3. The lowest BCUT2D eigenvalue weighted by molar-refractivity contribution is -0.137. The molecule has 0 heterocycles. The molecule has 108 valence electrons. The molecule has 0 saturated carbocycles. The van der Waals surface area contributed by atoms with Crippen molar-refractivity contribution in [1.82, 2.24) is 0 Å². The Labute approximate surface area is 118 Å². The number of benzene rings is 1. The van der Waals surface area contributed by atoms with Gasteiger partial charge in [0.25, 0.3) is 10.1 Å². The monoisotopic (exact) mass is 296 g/mol. The maximum absolute atomic E-state index is 12.3. The molecule has 1 aromatic carbocycles. The van der Waals surface area contributed by atoms with E-state index in [1.165, 1.54) is 24.3 Å². The Morgan fingerprint density at radius 1 is 1.30 bits per heavy atom. The van der Waals surface area contributed by atoms with Crippen LogP contribution in [0.1, 0.15) is 37.8 Å². The minimum Gasteiger partial charge on any atom is -0.481 e. The quantitative estimate of drug-likeness (QED) is 0.866. The minimum atomic E-state index is -3.94. The van der Waals surface area contributed by atoms with Crippen LogP contribution in [0, 0.1) is 0 Å². The molecule has 1 unspecified atom stereocenters. The van der Waals surface area contributed by atoms with E-state index in [0.717, 1.165) is 0 Å². The zero-order chi connectivity index (χ0) is 15.1. The molecule has 6 heteroatoms. The second kappa shape index (κ2) is 4.71. The number of rotatable bonds is 3. The number of carboxylic acids is 1. The van der Waals surface area contributed by atoms with Crippen LogP contribution in [0.3, 0.4) is 0 Å². The van der Waals surface area contributed by atoms with Gasteiger partial charge in [0.05, 0.1) is 5.60 Å². The van der Waals surface area contributed by atoms with Gasteiger partial charge in [-0.15, -0.1) is 0 Å². The molecule has 0 aromatic heterocycles. The number of hydrogen-bond donors (Lipinski definition) is 1. The Hall–Kier alpha value is -1.66. The number of carbonyl (C=O) groups is 1. The fraction of sp³-hybridized carbons (Fsp3) is 0.357. The molecule has 0 bridgehead atoms. The molecule has 20 heavy (non-hydrogen) atoms. The second-order valence-electron chi connectivity index (χ2n) is 5.58. The Morgan fingerprint density at radius 3 is 2.50 bits per heavy atom. The van der Waals surface area contributed by atoms with Gasteiger partial charge in [0, 0.05) is 0 Å². The Balaban J connectivity index is 2.52. The van der Waals surface area contributed by atoms with Crippen LogP contribution in [0.2, 0.25) is 0 Å². The van der Waals surface area contributed by atoms with Gasteiger partial charge in [0.1, 0.15) is 10.8 Å². The molecule has 1 aliphatic rings. The summed E-state index contributed by atoms with van der Waals surface area (Å²) in [6.45, 7) is 4.93. The van der Waals surface area contributed by atoms with Gasteiger partial charge in [0.2, 0.25) is 0 Å². The maximum Gasteiger partial charge on any atom is 0.314 e. The second-order valence-corrected chi connectivity index (χ2v) is 7.10. The molecular weight excluding hydrogens is 280 g/mol. The fourth-order valence-corrected chi connectivity index (χ4v) is 3.56. The van der Waals surface area contributed by atoms with Crippen molar-refractivity contribution in [2.45, 2.75) is 37.2 Å². The van der Waals surface area contributed by atoms with E-state index in [0.29, 0.717) is 11.1 Å². The van der Waals surface area contributed by atoms with E-state index in [1.54, 1.807) is 26.8 Å². The van der Waals surface area contributed by atoms with E-state index in [4.69, 9.17) is 9.29 Å². The Bertz CT molecular complexity index is 680. The lowest BCUT2D eigenvalue weighted by atomic mass is 10.0.